The molecule has 1 amide bonds. The fraction of sp³-hybridized carbons (Fsp3) is 0.250. The van der Waals surface area contributed by atoms with Crippen LogP contribution in [0.3, 0.4) is 0 Å². The van der Waals surface area contributed by atoms with Gasteiger partial charge < -0.3 is 20.5 Å². The fourth-order valence-electron chi connectivity index (χ4n) is 2.65. The summed E-state index contributed by atoms with van der Waals surface area (Å²) in [6, 6.07) is 11.4. The molecule has 3 N–H and O–H groups in total. The summed E-state index contributed by atoms with van der Waals surface area (Å²) in [6.07, 6.45) is 2.72. The van der Waals surface area contributed by atoms with Gasteiger partial charge in [-0.25, -0.2) is 0 Å². The van der Waals surface area contributed by atoms with Crippen molar-refractivity contribution < 1.29 is 14.6 Å². The number of rotatable bonds is 6. The number of phenolic OH excluding ortho intramolecular Hbond substituents is 1. The van der Waals surface area contributed by atoms with Crippen LogP contribution in [0.5, 0.6) is 11.5 Å². The van der Waals surface area contributed by atoms with Gasteiger partial charge in [0.2, 0.25) is 0 Å². The first kappa shape index (κ1) is 19.5. The number of aryl methyl sites for hydroxylation is 1. The maximum Gasteiger partial charge on any atom is 0.260 e. The molecule has 2 aromatic rings. The van der Waals surface area contributed by atoms with E-state index < -0.39 is 0 Å². The molecular formula is C20H21ClN2O3S. The number of anilines is 1. The number of aromatic hydroxyl groups is 1. The van der Waals surface area contributed by atoms with Crippen LogP contribution in [0.1, 0.15) is 25.0 Å². The minimum atomic E-state index is -0.254. The van der Waals surface area contributed by atoms with Crippen LogP contribution in [0.25, 0.3) is 6.08 Å². The summed E-state index contributed by atoms with van der Waals surface area (Å²) in [4.78, 5) is 12.8. The smallest absolute Gasteiger partial charge is 0.260 e. The molecule has 2 aromatic carbocycles. The van der Waals surface area contributed by atoms with Crippen molar-refractivity contribution in [1.29, 1.82) is 0 Å². The number of amides is 1. The number of thioether (sulfide) groups is 1. The average molecular weight is 405 g/mol. The molecule has 27 heavy (non-hydrogen) atoms. The van der Waals surface area contributed by atoms with Gasteiger partial charge in [0.1, 0.15) is 0 Å². The van der Waals surface area contributed by atoms with Crippen molar-refractivity contribution >= 4 is 41.0 Å². The van der Waals surface area contributed by atoms with Crippen LogP contribution in [-0.2, 0) is 11.2 Å². The Bertz CT molecular complexity index is 868. The van der Waals surface area contributed by atoms with Crippen molar-refractivity contribution in [1.82, 2.24) is 5.32 Å². The highest BCUT2D eigenvalue weighted by atomic mass is 35.5. The van der Waals surface area contributed by atoms with Crippen LogP contribution in [0.2, 0.25) is 5.02 Å². The molecule has 1 saturated heterocycles. The Hall–Kier alpha value is -2.31. The molecule has 1 unspecified atom stereocenters. The van der Waals surface area contributed by atoms with E-state index in [2.05, 4.69) is 29.7 Å². The van der Waals surface area contributed by atoms with E-state index in [1.54, 1.807) is 18.2 Å². The van der Waals surface area contributed by atoms with Gasteiger partial charge >= 0.3 is 0 Å². The molecule has 142 valence electrons. The minimum Gasteiger partial charge on any atom is -0.503 e. The number of ether oxygens (including phenoxy) is 1. The quantitative estimate of drug-likeness (QED) is 0.613. The number of benzene rings is 2. The standard InChI is InChI=1S/C20H21ClN2O3S/c1-3-12-5-7-14(8-6-12)22-20-23-19(25)17(27-20)11-13-9-15(21)18(24)16(10-13)26-4-2/h5-11,20,22,24H,3-4H2,1-2H3,(H,23,25). The van der Waals surface area contributed by atoms with E-state index in [9.17, 15) is 9.90 Å². The second-order valence-corrected chi connectivity index (χ2v) is 7.51. The lowest BCUT2D eigenvalue weighted by atomic mass is 10.1. The van der Waals surface area contributed by atoms with Gasteiger partial charge in [-0.1, -0.05) is 42.4 Å². The summed E-state index contributed by atoms with van der Waals surface area (Å²) in [6.45, 7) is 4.34. The third kappa shape index (κ3) is 4.70. The number of hydrogen-bond acceptors (Lipinski definition) is 5. The summed E-state index contributed by atoms with van der Waals surface area (Å²) < 4.78 is 5.39. The van der Waals surface area contributed by atoms with Gasteiger partial charge in [0.15, 0.2) is 17.0 Å². The number of carbonyl (C=O) groups excluding carboxylic acids is 1. The SMILES string of the molecule is CCOc1cc(C=C2SC(Nc3ccc(CC)cc3)NC2=O)cc(Cl)c1O. The summed E-state index contributed by atoms with van der Waals surface area (Å²) in [5.74, 6) is 0.0371. The first-order valence-corrected chi connectivity index (χ1v) is 9.96. The topological polar surface area (TPSA) is 70.6 Å². The Morgan fingerprint density at radius 1 is 1.30 bits per heavy atom. The Kier molecular flexibility index (Phi) is 6.19. The maximum absolute atomic E-state index is 12.3. The van der Waals surface area contributed by atoms with Crippen molar-refractivity contribution in [3.8, 4) is 11.5 Å². The van der Waals surface area contributed by atoms with Crippen molar-refractivity contribution in [2.45, 2.75) is 25.8 Å². The Morgan fingerprint density at radius 3 is 2.70 bits per heavy atom. The second kappa shape index (κ2) is 8.59. The van der Waals surface area contributed by atoms with Gasteiger partial charge in [-0.05, 0) is 54.8 Å². The van der Waals surface area contributed by atoms with Gasteiger partial charge in [0.05, 0.1) is 16.5 Å². The fourth-order valence-corrected chi connectivity index (χ4v) is 3.85. The second-order valence-electron chi connectivity index (χ2n) is 5.96. The highest BCUT2D eigenvalue weighted by molar-refractivity contribution is 8.05. The molecule has 0 radical (unpaired) electrons. The Balaban J connectivity index is 1.74. The van der Waals surface area contributed by atoms with Crippen LogP contribution >= 0.6 is 23.4 Å². The maximum atomic E-state index is 12.3. The van der Waals surface area contributed by atoms with E-state index in [1.807, 2.05) is 19.1 Å². The van der Waals surface area contributed by atoms with Gasteiger partial charge in [-0.2, -0.15) is 0 Å². The number of nitrogens with one attached hydrogen (secondary N) is 2. The number of carbonyl (C=O) groups is 1. The van der Waals surface area contributed by atoms with Crippen molar-refractivity contribution in [3.63, 3.8) is 0 Å². The average Bonchev–Trinajstić information content (AvgIpc) is 2.99. The van der Waals surface area contributed by atoms with E-state index in [0.717, 1.165) is 12.1 Å². The van der Waals surface area contributed by atoms with Crippen molar-refractivity contribution in [3.05, 3.63) is 57.5 Å². The molecule has 7 heteroatoms. The highest BCUT2D eigenvalue weighted by Crippen LogP contribution is 2.37. The number of phenols is 1. The molecule has 0 saturated carbocycles. The summed E-state index contributed by atoms with van der Waals surface area (Å²) in [5.41, 5.74) is 2.64. The molecule has 1 atom stereocenters. The normalized spacial score (nSPS) is 17.8. The molecule has 1 heterocycles. The van der Waals surface area contributed by atoms with E-state index in [0.29, 0.717) is 22.8 Å². The third-order valence-corrected chi connectivity index (χ3v) is 5.36. The lowest BCUT2D eigenvalue weighted by Gasteiger charge is -2.13. The molecule has 3 rings (SSSR count). The molecule has 1 fully saturated rings. The summed E-state index contributed by atoms with van der Waals surface area (Å²) >= 11 is 7.45. The van der Waals surface area contributed by atoms with Crippen molar-refractivity contribution in [2.24, 2.45) is 0 Å². The van der Waals surface area contributed by atoms with Gasteiger partial charge in [0, 0.05) is 5.69 Å². The molecule has 0 spiro atoms. The monoisotopic (exact) mass is 404 g/mol. The molecule has 1 aliphatic heterocycles. The zero-order valence-electron chi connectivity index (χ0n) is 15.1. The van der Waals surface area contributed by atoms with E-state index in [1.165, 1.54) is 17.3 Å². The first-order chi connectivity index (χ1) is 13.0. The van der Waals surface area contributed by atoms with E-state index in [4.69, 9.17) is 16.3 Å². The van der Waals surface area contributed by atoms with Gasteiger partial charge in [-0.15, -0.1) is 0 Å². The Morgan fingerprint density at radius 2 is 2.04 bits per heavy atom. The predicted octanol–water partition coefficient (Wildman–Crippen LogP) is 4.61. The zero-order valence-corrected chi connectivity index (χ0v) is 16.7. The van der Waals surface area contributed by atoms with E-state index >= 15 is 0 Å². The highest BCUT2D eigenvalue weighted by Gasteiger charge is 2.27. The molecule has 0 bridgehead atoms. The predicted molar refractivity (Wildman–Crippen MR) is 111 cm³/mol. The largest absolute Gasteiger partial charge is 0.503 e. The van der Waals surface area contributed by atoms with Crippen LogP contribution in [-0.4, -0.2) is 23.1 Å². The lowest BCUT2D eigenvalue weighted by molar-refractivity contribution is -0.116. The third-order valence-electron chi connectivity index (χ3n) is 4.04. The van der Waals surface area contributed by atoms with Crippen LogP contribution in [0, 0.1) is 0 Å². The summed E-state index contributed by atoms with van der Waals surface area (Å²) in [7, 11) is 0. The zero-order chi connectivity index (χ0) is 19.4. The molecule has 5 nitrogen and oxygen atoms in total. The molecular weight excluding hydrogens is 384 g/mol. The Labute approximate surface area is 167 Å². The molecule has 0 aromatic heterocycles. The number of halogens is 1. The minimum absolute atomic E-state index is 0.0979. The van der Waals surface area contributed by atoms with Crippen molar-refractivity contribution in [2.75, 3.05) is 11.9 Å². The van der Waals surface area contributed by atoms with Gasteiger partial charge in [-0.3, -0.25) is 4.79 Å². The number of hydrogen-bond donors (Lipinski definition) is 3. The molecule has 1 aliphatic rings. The van der Waals surface area contributed by atoms with Crippen LogP contribution in [0.4, 0.5) is 5.69 Å². The summed E-state index contributed by atoms with van der Waals surface area (Å²) in [5, 5.41) is 16.3. The van der Waals surface area contributed by atoms with Crippen LogP contribution < -0.4 is 15.4 Å². The van der Waals surface area contributed by atoms with Gasteiger partial charge in [0.25, 0.3) is 5.91 Å². The lowest BCUT2D eigenvalue weighted by Crippen LogP contribution is -2.30. The molecule has 0 aliphatic carbocycles. The first-order valence-electron chi connectivity index (χ1n) is 8.70. The van der Waals surface area contributed by atoms with E-state index in [-0.39, 0.29) is 22.2 Å². The van der Waals surface area contributed by atoms with Crippen LogP contribution in [0.15, 0.2) is 41.3 Å².